The molecule has 1 heterocycles. The third-order valence-electron chi connectivity index (χ3n) is 1.75. The van der Waals surface area contributed by atoms with Gasteiger partial charge >= 0.3 is 0 Å². The number of hydrogen-bond donors (Lipinski definition) is 1. The summed E-state index contributed by atoms with van der Waals surface area (Å²) in [5.41, 5.74) is 1.79. The Bertz CT molecular complexity index is 386. The molecule has 0 aliphatic carbocycles. The molecule has 0 bridgehead atoms. The van der Waals surface area contributed by atoms with Gasteiger partial charge in [-0.2, -0.15) is 0 Å². The molecule has 0 aliphatic heterocycles. The second-order valence-corrected chi connectivity index (χ2v) is 3.41. The van der Waals surface area contributed by atoms with Crippen molar-refractivity contribution < 1.29 is 5.11 Å². The van der Waals surface area contributed by atoms with E-state index < -0.39 is 0 Å². The molecule has 13 heavy (non-hydrogen) atoms. The molecule has 0 aliphatic rings. The first-order valence-electron chi connectivity index (χ1n) is 3.89. The Hall–Kier alpha value is -1.26. The van der Waals surface area contributed by atoms with Crippen LogP contribution in [-0.4, -0.2) is 14.7 Å². The summed E-state index contributed by atoms with van der Waals surface area (Å²) in [5, 5.41) is 13.0. The molecule has 1 aromatic heterocycles. The van der Waals surface area contributed by atoms with Crippen LogP contribution in [0.25, 0.3) is 11.3 Å². The summed E-state index contributed by atoms with van der Waals surface area (Å²) in [4.78, 5) is 0.811. The number of benzene rings is 1. The Morgan fingerprint density at radius 1 is 1.23 bits per heavy atom. The van der Waals surface area contributed by atoms with Gasteiger partial charge in [0.2, 0.25) is 0 Å². The summed E-state index contributed by atoms with van der Waals surface area (Å²) >= 11 is 1.23. The summed E-state index contributed by atoms with van der Waals surface area (Å²) in [6.45, 7) is 0.00188. The van der Waals surface area contributed by atoms with Gasteiger partial charge in [0.1, 0.15) is 5.69 Å². The molecule has 0 saturated heterocycles. The Morgan fingerprint density at radius 2 is 2.00 bits per heavy atom. The summed E-state index contributed by atoms with van der Waals surface area (Å²) in [5.74, 6) is 0. The fraction of sp³-hybridized carbons (Fsp3) is 0.111. The number of hydrogen-bond acceptors (Lipinski definition) is 4. The number of nitrogens with zero attached hydrogens (tertiary/aromatic N) is 2. The average Bonchev–Trinajstić information content (AvgIpc) is 2.67. The molecule has 4 heteroatoms. The van der Waals surface area contributed by atoms with Gasteiger partial charge in [0.15, 0.2) is 0 Å². The van der Waals surface area contributed by atoms with Crippen LogP contribution in [0.3, 0.4) is 0 Å². The van der Waals surface area contributed by atoms with Gasteiger partial charge in [-0.05, 0) is 11.5 Å². The molecule has 0 saturated carbocycles. The summed E-state index contributed by atoms with van der Waals surface area (Å²) in [6, 6.07) is 9.74. The highest BCUT2D eigenvalue weighted by Crippen LogP contribution is 2.22. The van der Waals surface area contributed by atoms with E-state index in [2.05, 4.69) is 9.59 Å². The molecule has 1 aromatic carbocycles. The maximum atomic E-state index is 9.00. The lowest BCUT2D eigenvalue weighted by molar-refractivity contribution is 0.286. The Balaban J connectivity index is 2.47. The van der Waals surface area contributed by atoms with Crippen LogP contribution < -0.4 is 0 Å². The van der Waals surface area contributed by atoms with Crippen LogP contribution in [0.2, 0.25) is 0 Å². The SMILES string of the molecule is OCc1snnc1-c1ccccc1. The quantitative estimate of drug-likeness (QED) is 0.787. The van der Waals surface area contributed by atoms with Gasteiger partial charge in [0.25, 0.3) is 0 Å². The molecule has 2 aromatic rings. The predicted octanol–water partition coefficient (Wildman–Crippen LogP) is 1.70. The lowest BCUT2D eigenvalue weighted by Gasteiger charge is -1.96. The highest BCUT2D eigenvalue weighted by atomic mass is 32.1. The molecule has 0 radical (unpaired) electrons. The van der Waals surface area contributed by atoms with Crippen molar-refractivity contribution in [1.29, 1.82) is 0 Å². The van der Waals surface area contributed by atoms with Gasteiger partial charge in [0, 0.05) is 5.56 Å². The number of aromatic nitrogens is 2. The first kappa shape index (κ1) is 8.34. The molecule has 1 N–H and O–H groups in total. The Morgan fingerprint density at radius 3 is 2.69 bits per heavy atom. The van der Waals surface area contributed by atoms with Crippen LogP contribution in [0.4, 0.5) is 0 Å². The van der Waals surface area contributed by atoms with Crippen LogP contribution in [0.1, 0.15) is 4.88 Å². The number of rotatable bonds is 2. The normalized spacial score (nSPS) is 10.2. The minimum Gasteiger partial charge on any atom is -0.391 e. The van der Waals surface area contributed by atoms with Crippen LogP contribution in [0.15, 0.2) is 30.3 Å². The number of aliphatic hydroxyl groups is 1. The zero-order valence-electron chi connectivity index (χ0n) is 6.84. The van der Waals surface area contributed by atoms with Crippen molar-refractivity contribution in [3.63, 3.8) is 0 Å². The third kappa shape index (κ3) is 1.59. The van der Waals surface area contributed by atoms with E-state index >= 15 is 0 Å². The molecular formula is C9H8N2OS. The Labute approximate surface area is 79.8 Å². The highest BCUT2D eigenvalue weighted by Gasteiger charge is 2.07. The number of aliphatic hydroxyl groups excluding tert-OH is 1. The zero-order valence-corrected chi connectivity index (χ0v) is 7.66. The zero-order chi connectivity index (χ0) is 9.10. The molecular weight excluding hydrogens is 184 g/mol. The van der Waals surface area contributed by atoms with Crippen molar-refractivity contribution in [2.45, 2.75) is 6.61 Å². The maximum Gasteiger partial charge on any atom is 0.111 e. The lowest BCUT2D eigenvalue weighted by Crippen LogP contribution is -1.84. The molecule has 2 rings (SSSR count). The third-order valence-corrected chi connectivity index (χ3v) is 2.45. The predicted molar refractivity (Wildman–Crippen MR) is 51.3 cm³/mol. The smallest absolute Gasteiger partial charge is 0.111 e. The largest absolute Gasteiger partial charge is 0.391 e. The van der Waals surface area contributed by atoms with E-state index in [-0.39, 0.29) is 6.61 Å². The van der Waals surface area contributed by atoms with E-state index in [1.807, 2.05) is 30.3 Å². The van der Waals surface area contributed by atoms with Crippen molar-refractivity contribution in [2.75, 3.05) is 0 Å². The molecule has 0 spiro atoms. The van der Waals surface area contributed by atoms with E-state index in [4.69, 9.17) is 5.11 Å². The van der Waals surface area contributed by atoms with Crippen LogP contribution >= 0.6 is 11.5 Å². The lowest BCUT2D eigenvalue weighted by atomic mass is 10.1. The van der Waals surface area contributed by atoms with Gasteiger partial charge in [-0.3, -0.25) is 0 Å². The van der Waals surface area contributed by atoms with Crippen LogP contribution in [0, 0.1) is 0 Å². The monoisotopic (exact) mass is 192 g/mol. The summed E-state index contributed by atoms with van der Waals surface area (Å²) < 4.78 is 3.80. The fourth-order valence-corrected chi connectivity index (χ4v) is 1.65. The summed E-state index contributed by atoms with van der Waals surface area (Å²) in [7, 11) is 0. The van der Waals surface area contributed by atoms with Gasteiger partial charge in [-0.1, -0.05) is 34.8 Å². The van der Waals surface area contributed by atoms with E-state index in [1.54, 1.807) is 0 Å². The first-order chi connectivity index (χ1) is 6.42. The highest BCUT2D eigenvalue weighted by molar-refractivity contribution is 7.05. The molecule has 0 amide bonds. The minimum absolute atomic E-state index is 0.00188. The van der Waals surface area contributed by atoms with Crippen molar-refractivity contribution in [2.24, 2.45) is 0 Å². The van der Waals surface area contributed by atoms with Gasteiger partial charge < -0.3 is 5.11 Å². The van der Waals surface area contributed by atoms with E-state index in [0.717, 1.165) is 16.1 Å². The van der Waals surface area contributed by atoms with Crippen molar-refractivity contribution in [3.8, 4) is 11.3 Å². The maximum absolute atomic E-state index is 9.00. The average molecular weight is 192 g/mol. The molecule has 0 unspecified atom stereocenters. The molecule has 3 nitrogen and oxygen atoms in total. The second-order valence-electron chi connectivity index (χ2n) is 2.57. The van der Waals surface area contributed by atoms with Crippen molar-refractivity contribution in [1.82, 2.24) is 9.59 Å². The molecule has 0 atom stereocenters. The molecule has 66 valence electrons. The van der Waals surface area contributed by atoms with Gasteiger partial charge in [0.05, 0.1) is 11.5 Å². The van der Waals surface area contributed by atoms with Crippen LogP contribution in [-0.2, 0) is 6.61 Å². The second kappa shape index (κ2) is 3.64. The topological polar surface area (TPSA) is 46.0 Å². The van der Waals surface area contributed by atoms with Gasteiger partial charge in [-0.25, -0.2) is 0 Å². The van der Waals surface area contributed by atoms with Gasteiger partial charge in [-0.15, -0.1) is 5.10 Å². The van der Waals surface area contributed by atoms with E-state index in [1.165, 1.54) is 11.5 Å². The molecule has 0 fully saturated rings. The fourth-order valence-electron chi connectivity index (χ4n) is 1.13. The summed E-state index contributed by atoms with van der Waals surface area (Å²) in [6.07, 6.45) is 0. The minimum atomic E-state index is 0.00188. The first-order valence-corrected chi connectivity index (χ1v) is 4.66. The van der Waals surface area contributed by atoms with E-state index in [9.17, 15) is 0 Å². The van der Waals surface area contributed by atoms with E-state index in [0.29, 0.717) is 0 Å². The van der Waals surface area contributed by atoms with Crippen LogP contribution in [0.5, 0.6) is 0 Å². The van der Waals surface area contributed by atoms with Crippen molar-refractivity contribution >= 4 is 11.5 Å². The standard InChI is InChI=1S/C9H8N2OS/c12-6-8-9(10-11-13-8)7-4-2-1-3-5-7/h1-5,12H,6H2. The van der Waals surface area contributed by atoms with Crippen molar-refractivity contribution in [3.05, 3.63) is 35.2 Å². The Kier molecular flexibility index (Phi) is 2.33.